The van der Waals surface area contributed by atoms with Crippen molar-refractivity contribution in [1.82, 2.24) is 24.8 Å². The van der Waals surface area contributed by atoms with Crippen LogP contribution in [0.3, 0.4) is 0 Å². The van der Waals surface area contributed by atoms with Gasteiger partial charge in [-0.15, -0.1) is 0 Å². The smallest absolute Gasteiger partial charge is 0.319 e. The summed E-state index contributed by atoms with van der Waals surface area (Å²) in [6.07, 6.45) is 9.06. The van der Waals surface area contributed by atoms with Crippen LogP contribution in [-0.2, 0) is 4.79 Å². The van der Waals surface area contributed by atoms with Gasteiger partial charge in [-0.2, -0.15) is 9.97 Å². The highest BCUT2D eigenvalue weighted by Gasteiger charge is 2.45. The number of anilines is 1. The van der Waals surface area contributed by atoms with Crippen molar-refractivity contribution in [3.63, 3.8) is 0 Å². The molecule has 4 aromatic rings. The molecule has 0 bridgehead atoms. The largest absolute Gasteiger partial charge is 0.461 e. The second kappa shape index (κ2) is 11.9. The molecule has 3 saturated heterocycles. The summed E-state index contributed by atoms with van der Waals surface area (Å²) in [7, 11) is 0. The Morgan fingerprint density at radius 1 is 1.16 bits per heavy atom. The zero-order valence-corrected chi connectivity index (χ0v) is 25.6. The van der Waals surface area contributed by atoms with Gasteiger partial charge in [0.1, 0.15) is 24.3 Å². The van der Waals surface area contributed by atoms with E-state index in [4.69, 9.17) is 32.9 Å². The fraction of sp³-hybridized carbons (Fsp3) is 0.382. The SMILES string of the molecule is [C-]#[N+]C[C@H]1CN(c2nc(OCC34CCCN3CCC4)nc3cc(-c4cncc5cccc(Cl)c45)c(F)cc23)CCN1C(=O)C=C. The first kappa shape index (κ1) is 29.4. The van der Waals surface area contributed by atoms with Crippen molar-refractivity contribution in [1.29, 1.82) is 0 Å². The first-order valence-electron chi connectivity index (χ1n) is 15.3. The van der Waals surface area contributed by atoms with Gasteiger partial charge in [0.2, 0.25) is 12.5 Å². The predicted molar refractivity (Wildman–Crippen MR) is 173 cm³/mol. The molecule has 0 aliphatic carbocycles. The number of ether oxygens (including phenoxy) is 1. The van der Waals surface area contributed by atoms with E-state index in [2.05, 4.69) is 21.3 Å². The summed E-state index contributed by atoms with van der Waals surface area (Å²) < 4.78 is 22.5. The van der Waals surface area contributed by atoms with Gasteiger partial charge in [-0.25, -0.2) is 11.0 Å². The lowest BCUT2D eigenvalue weighted by atomic mass is 9.95. The van der Waals surface area contributed by atoms with Crippen LogP contribution < -0.4 is 9.64 Å². The van der Waals surface area contributed by atoms with Gasteiger partial charge in [-0.05, 0) is 63.0 Å². The van der Waals surface area contributed by atoms with E-state index in [0.29, 0.717) is 64.5 Å². The van der Waals surface area contributed by atoms with Gasteiger partial charge in [0.15, 0.2) is 0 Å². The maximum absolute atomic E-state index is 16.1. The average Bonchev–Trinajstić information content (AvgIpc) is 3.64. The lowest BCUT2D eigenvalue weighted by Gasteiger charge is -2.39. The molecule has 9 nitrogen and oxygen atoms in total. The van der Waals surface area contributed by atoms with Crippen LogP contribution in [0.4, 0.5) is 10.2 Å². The minimum atomic E-state index is -0.458. The number of fused-ring (bicyclic) bond motifs is 3. The van der Waals surface area contributed by atoms with Gasteiger partial charge in [0, 0.05) is 64.3 Å². The van der Waals surface area contributed by atoms with E-state index in [1.165, 1.54) is 12.1 Å². The van der Waals surface area contributed by atoms with Crippen molar-refractivity contribution >= 4 is 45.0 Å². The molecule has 2 aromatic heterocycles. The first-order valence-corrected chi connectivity index (χ1v) is 15.7. The maximum atomic E-state index is 16.1. The third-order valence-corrected chi connectivity index (χ3v) is 9.90. The molecule has 1 amide bonds. The van der Waals surface area contributed by atoms with Crippen LogP contribution >= 0.6 is 11.6 Å². The molecule has 11 heteroatoms. The summed E-state index contributed by atoms with van der Waals surface area (Å²) in [6.45, 7) is 15.1. The third-order valence-electron chi connectivity index (χ3n) is 9.59. The molecule has 45 heavy (non-hydrogen) atoms. The molecule has 3 aliphatic rings. The standard InChI is InChI=1S/C34H33ClFN7O2/c1-3-30(44)43-14-13-41(20-23(43)18-37-2)32-25-15-28(36)24(26-19-38-17-22-7-4-8-27(35)31(22)26)16-29(25)39-33(40-32)45-21-34-9-5-11-42(34)12-6-10-34/h3-4,7-8,15-17,19,23H,1,5-6,9-14,18,20-21H2/t23-/m0/s1. The molecule has 1 atom stereocenters. The van der Waals surface area contributed by atoms with E-state index in [1.807, 2.05) is 17.0 Å². The van der Waals surface area contributed by atoms with E-state index in [0.717, 1.165) is 44.2 Å². The van der Waals surface area contributed by atoms with Gasteiger partial charge < -0.3 is 19.4 Å². The molecule has 3 fully saturated rings. The summed E-state index contributed by atoms with van der Waals surface area (Å²) in [5.41, 5.74) is 1.41. The predicted octanol–water partition coefficient (Wildman–Crippen LogP) is 5.77. The Morgan fingerprint density at radius 2 is 1.98 bits per heavy atom. The summed E-state index contributed by atoms with van der Waals surface area (Å²) in [5, 5.41) is 2.55. The molecule has 0 radical (unpaired) electrons. The fourth-order valence-corrected chi connectivity index (χ4v) is 7.68. The average molecular weight is 626 g/mol. The van der Waals surface area contributed by atoms with Crippen molar-refractivity contribution in [3.8, 4) is 17.1 Å². The van der Waals surface area contributed by atoms with Gasteiger partial charge in [0.25, 0.3) is 0 Å². The monoisotopic (exact) mass is 625 g/mol. The van der Waals surface area contributed by atoms with Gasteiger partial charge in [-0.1, -0.05) is 30.3 Å². The van der Waals surface area contributed by atoms with E-state index < -0.39 is 5.82 Å². The van der Waals surface area contributed by atoms with Crippen molar-refractivity contribution < 1.29 is 13.9 Å². The Labute approximate surface area is 266 Å². The third kappa shape index (κ3) is 5.24. The zero-order valence-electron chi connectivity index (χ0n) is 24.9. The normalized spacial score (nSPS) is 19.5. The van der Waals surface area contributed by atoms with Gasteiger partial charge >= 0.3 is 6.01 Å². The van der Waals surface area contributed by atoms with Crippen molar-refractivity contribution in [2.24, 2.45) is 0 Å². The highest BCUT2D eigenvalue weighted by atomic mass is 35.5. The van der Waals surface area contributed by atoms with Crippen LogP contribution in [0.5, 0.6) is 6.01 Å². The molecule has 3 aliphatic heterocycles. The second-order valence-electron chi connectivity index (χ2n) is 12.1. The minimum absolute atomic E-state index is 0.00475. The Balaban J connectivity index is 1.33. The van der Waals surface area contributed by atoms with E-state index >= 15 is 4.39 Å². The highest BCUT2D eigenvalue weighted by Crippen LogP contribution is 2.40. The summed E-state index contributed by atoms with van der Waals surface area (Å²) >= 11 is 6.60. The van der Waals surface area contributed by atoms with Crippen LogP contribution in [0.15, 0.2) is 55.4 Å². The summed E-state index contributed by atoms with van der Waals surface area (Å²) in [5.74, 6) is -0.155. The van der Waals surface area contributed by atoms with E-state index in [1.54, 1.807) is 29.4 Å². The van der Waals surface area contributed by atoms with Crippen LogP contribution in [0.2, 0.25) is 5.02 Å². The number of hydrogen-bond acceptors (Lipinski definition) is 7. The Bertz CT molecular complexity index is 1850. The number of aromatic nitrogens is 3. The van der Waals surface area contributed by atoms with E-state index in [-0.39, 0.29) is 30.0 Å². The van der Waals surface area contributed by atoms with Crippen molar-refractivity contribution in [2.45, 2.75) is 37.3 Å². The number of hydrogen-bond donors (Lipinski definition) is 0. The Hall–Kier alpha value is -4.33. The Morgan fingerprint density at radius 3 is 2.76 bits per heavy atom. The molecule has 0 unspecified atom stereocenters. The van der Waals surface area contributed by atoms with Crippen LogP contribution in [0.1, 0.15) is 25.7 Å². The Kier molecular flexibility index (Phi) is 7.76. The number of rotatable bonds is 7. The lowest BCUT2D eigenvalue weighted by molar-refractivity contribution is -0.128. The number of halogens is 2. The molecule has 2 aromatic carbocycles. The summed E-state index contributed by atoms with van der Waals surface area (Å²) in [4.78, 5) is 36.4. The lowest BCUT2D eigenvalue weighted by Crippen LogP contribution is -2.56. The molecular formula is C34H33ClFN7O2. The molecule has 0 N–H and O–H groups in total. The molecule has 230 valence electrons. The van der Waals surface area contributed by atoms with Crippen LogP contribution in [-0.4, -0.2) is 88.1 Å². The van der Waals surface area contributed by atoms with Crippen molar-refractivity contribution in [2.75, 3.05) is 50.8 Å². The number of benzene rings is 2. The zero-order chi connectivity index (χ0) is 31.1. The number of piperazine rings is 1. The quantitative estimate of drug-likeness (QED) is 0.191. The van der Waals surface area contributed by atoms with Gasteiger partial charge in [0.05, 0.1) is 11.1 Å². The number of nitrogens with zero attached hydrogens (tertiary/aromatic N) is 7. The molecule has 5 heterocycles. The number of carbonyl (C=O) groups excluding carboxylic acids is 1. The number of pyridine rings is 1. The van der Waals surface area contributed by atoms with Crippen LogP contribution in [0.25, 0.3) is 37.6 Å². The maximum Gasteiger partial charge on any atom is 0.319 e. The molecule has 0 spiro atoms. The first-order chi connectivity index (χ1) is 21.9. The topological polar surface area (TPSA) is 79.1 Å². The van der Waals surface area contributed by atoms with Crippen LogP contribution in [0, 0.1) is 12.4 Å². The van der Waals surface area contributed by atoms with E-state index in [9.17, 15) is 4.79 Å². The highest BCUT2D eigenvalue weighted by molar-refractivity contribution is 6.36. The molecule has 7 rings (SSSR count). The molecule has 0 saturated carbocycles. The fourth-order valence-electron chi connectivity index (χ4n) is 7.39. The molecular weight excluding hydrogens is 593 g/mol. The number of amides is 1. The minimum Gasteiger partial charge on any atom is -0.461 e. The van der Waals surface area contributed by atoms with Crippen molar-refractivity contribution in [3.05, 3.63) is 77.6 Å². The second-order valence-corrected chi connectivity index (χ2v) is 12.5. The van der Waals surface area contributed by atoms with Gasteiger partial charge in [-0.3, -0.25) is 14.7 Å². The number of carbonyl (C=O) groups is 1. The summed E-state index contributed by atoms with van der Waals surface area (Å²) in [6, 6.07) is 8.55.